The molecule has 0 aliphatic carbocycles. The van der Waals surface area contributed by atoms with Gasteiger partial charge in [-0.3, -0.25) is 9.79 Å². The van der Waals surface area contributed by atoms with Crippen LogP contribution < -0.4 is 15.5 Å². The van der Waals surface area contributed by atoms with Crippen molar-refractivity contribution in [3.05, 3.63) is 53.9 Å². The SMILES string of the molecule is CCNC(=NCCNC(=O)c1ccc(C(F)(F)F)cc1)N1CCN(c2ncccn2)CC1. The van der Waals surface area contributed by atoms with Gasteiger partial charge in [0.1, 0.15) is 0 Å². The molecule has 1 aromatic heterocycles. The molecule has 32 heavy (non-hydrogen) atoms. The standard InChI is InChI=1S/C21H26F3N7O/c1-2-25-19(30-12-14-31(15-13-30)20-27-8-3-9-28-20)29-11-10-26-18(32)16-4-6-17(7-5-16)21(22,23)24/h3-9H,2,10-15H2,1H3,(H,25,29)(H,26,32). The highest BCUT2D eigenvalue weighted by Crippen LogP contribution is 2.29. The molecule has 1 saturated heterocycles. The highest BCUT2D eigenvalue weighted by Gasteiger charge is 2.30. The molecule has 1 fully saturated rings. The van der Waals surface area contributed by atoms with Gasteiger partial charge < -0.3 is 20.4 Å². The summed E-state index contributed by atoms with van der Waals surface area (Å²) < 4.78 is 37.9. The lowest BCUT2D eigenvalue weighted by Crippen LogP contribution is -2.53. The summed E-state index contributed by atoms with van der Waals surface area (Å²) in [6.07, 6.45) is -0.982. The fraction of sp³-hybridized carbons (Fsp3) is 0.429. The number of aromatic nitrogens is 2. The largest absolute Gasteiger partial charge is 0.416 e. The van der Waals surface area contributed by atoms with Crippen LogP contribution in [0.15, 0.2) is 47.7 Å². The summed E-state index contributed by atoms with van der Waals surface area (Å²) in [5.74, 6) is 1.03. The molecule has 11 heteroatoms. The summed E-state index contributed by atoms with van der Waals surface area (Å²) in [7, 11) is 0. The maximum atomic E-state index is 12.6. The number of carbonyl (C=O) groups excluding carboxylic acids is 1. The molecule has 2 heterocycles. The molecule has 1 aliphatic rings. The summed E-state index contributed by atoms with van der Waals surface area (Å²) in [6, 6.07) is 5.92. The van der Waals surface area contributed by atoms with Crippen molar-refractivity contribution in [2.24, 2.45) is 4.99 Å². The van der Waals surface area contributed by atoms with Gasteiger partial charge in [-0.15, -0.1) is 0 Å². The first-order chi connectivity index (χ1) is 15.4. The summed E-state index contributed by atoms with van der Waals surface area (Å²) in [6.45, 7) is 6.33. The van der Waals surface area contributed by atoms with Gasteiger partial charge in [0.25, 0.3) is 5.91 Å². The second-order valence-electron chi connectivity index (χ2n) is 7.09. The normalized spacial score (nSPS) is 14.9. The molecule has 2 N–H and O–H groups in total. The van der Waals surface area contributed by atoms with Crippen molar-refractivity contribution in [3.8, 4) is 0 Å². The van der Waals surface area contributed by atoms with Gasteiger partial charge in [-0.1, -0.05) is 0 Å². The predicted molar refractivity (Wildman–Crippen MR) is 116 cm³/mol. The Labute approximate surface area is 184 Å². The number of piperazine rings is 1. The van der Waals surface area contributed by atoms with E-state index in [-0.39, 0.29) is 12.1 Å². The Kier molecular flexibility index (Phi) is 7.85. The number of anilines is 1. The lowest BCUT2D eigenvalue weighted by atomic mass is 10.1. The maximum absolute atomic E-state index is 12.6. The van der Waals surface area contributed by atoms with Crippen LogP contribution in [0.5, 0.6) is 0 Å². The Morgan fingerprint density at radius 3 is 2.31 bits per heavy atom. The van der Waals surface area contributed by atoms with Gasteiger partial charge in [0.2, 0.25) is 5.95 Å². The van der Waals surface area contributed by atoms with Crippen molar-refractivity contribution in [1.82, 2.24) is 25.5 Å². The quantitative estimate of drug-likeness (QED) is 0.399. The molecule has 0 bridgehead atoms. The first-order valence-corrected chi connectivity index (χ1v) is 10.4. The number of nitrogens with one attached hydrogen (secondary N) is 2. The fourth-order valence-electron chi connectivity index (χ4n) is 3.24. The summed E-state index contributed by atoms with van der Waals surface area (Å²) in [5.41, 5.74) is -0.610. The lowest BCUT2D eigenvalue weighted by molar-refractivity contribution is -0.137. The molecule has 3 rings (SSSR count). The zero-order chi connectivity index (χ0) is 23.0. The molecule has 1 aliphatic heterocycles. The van der Waals surface area contributed by atoms with E-state index in [0.717, 1.165) is 44.3 Å². The molecular formula is C21H26F3N7O. The third kappa shape index (κ3) is 6.32. The van der Waals surface area contributed by atoms with Crippen molar-refractivity contribution >= 4 is 17.8 Å². The summed E-state index contributed by atoms with van der Waals surface area (Å²) in [4.78, 5) is 29.5. The minimum Gasteiger partial charge on any atom is -0.357 e. The number of hydrogen-bond acceptors (Lipinski definition) is 5. The third-order valence-electron chi connectivity index (χ3n) is 4.88. The van der Waals surface area contributed by atoms with Crippen molar-refractivity contribution < 1.29 is 18.0 Å². The van der Waals surface area contributed by atoms with Crippen LogP contribution in [0.25, 0.3) is 0 Å². The van der Waals surface area contributed by atoms with E-state index >= 15 is 0 Å². The zero-order valence-electron chi connectivity index (χ0n) is 17.8. The average Bonchev–Trinajstić information content (AvgIpc) is 2.81. The van der Waals surface area contributed by atoms with Crippen LogP contribution in [0, 0.1) is 0 Å². The van der Waals surface area contributed by atoms with Crippen LogP contribution in [-0.2, 0) is 6.18 Å². The van der Waals surface area contributed by atoms with E-state index in [9.17, 15) is 18.0 Å². The lowest BCUT2D eigenvalue weighted by Gasteiger charge is -2.36. The molecule has 0 atom stereocenters. The highest BCUT2D eigenvalue weighted by atomic mass is 19.4. The molecule has 0 unspecified atom stereocenters. The number of alkyl halides is 3. The van der Waals surface area contributed by atoms with Crippen LogP contribution >= 0.6 is 0 Å². The number of hydrogen-bond donors (Lipinski definition) is 2. The van der Waals surface area contributed by atoms with Crippen LogP contribution in [0.2, 0.25) is 0 Å². The highest BCUT2D eigenvalue weighted by molar-refractivity contribution is 5.94. The smallest absolute Gasteiger partial charge is 0.357 e. The third-order valence-corrected chi connectivity index (χ3v) is 4.88. The van der Waals surface area contributed by atoms with Crippen molar-refractivity contribution in [1.29, 1.82) is 0 Å². The van der Waals surface area contributed by atoms with E-state index < -0.39 is 17.6 Å². The number of amides is 1. The maximum Gasteiger partial charge on any atom is 0.416 e. The summed E-state index contributed by atoms with van der Waals surface area (Å²) in [5, 5.41) is 5.94. The Morgan fingerprint density at radius 1 is 1.06 bits per heavy atom. The van der Waals surface area contributed by atoms with Gasteiger partial charge in [0.15, 0.2) is 5.96 Å². The first-order valence-electron chi connectivity index (χ1n) is 10.4. The van der Waals surface area contributed by atoms with Gasteiger partial charge in [0, 0.05) is 57.2 Å². The second kappa shape index (κ2) is 10.8. The number of nitrogens with zero attached hydrogens (tertiary/aromatic N) is 5. The number of rotatable bonds is 6. The van der Waals surface area contributed by atoms with E-state index in [0.29, 0.717) is 19.0 Å². The minimum atomic E-state index is -4.42. The molecule has 1 aromatic carbocycles. The molecule has 0 spiro atoms. The zero-order valence-corrected chi connectivity index (χ0v) is 17.8. The Morgan fingerprint density at radius 2 is 1.72 bits per heavy atom. The van der Waals surface area contributed by atoms with Crippen molar-refractivity contribution in [2.75, 3.05) is 50.7 Å². The molecule has 0 radical (unpaired) electrons. The van der Waals surface area contributed by atoms with E-state index in [4.69, 9.17) is 0 Å². The Hall–Kier alpha value is -3.37. The fourth-order valence-corrected chi connectivity index (χ4v) is 3.24. The van der Waals surface area contributed by atoms with Crippen molar-refractivity contribution in [3.63, 3.8) is 0 Å². The second-order valence-corrected chi connectivity index (χ2v) is 7.09. The van der Waals surface area contributed by atoms with Crippen LogP contribution in [-0.4, -0.2) is 72.5 Å². The van der Waals surface area contributed by atoms with E-state index in [2.05, 4.69) is 35.4 Å². The Bertz CT molecular complexity index is 896. The van der Waals surface area contributed by atoms with Gasteiger partial charge in [0.05, 0.1) is 12.1 Å². The molecule has 8 nitrogen and oxygen atoms in total. The monoisotopic (exact) mass is 449 g/mol. The molecule has 172 valence electrons. The predicted octanol–water partition coefficient (Wildman–Crippen LogP) is 2.01. The number of carbonyl (C=O) groups is 1. The van der Waals surface area contributed by atoms with Crippen LogP contribution in [0.3, 0.4) is 0 Å². The molecule has 2 aromatic rings. The first kappa shape index (κ1) is 23.3. The van der Waals surface area contributed by atoms with E-state index in [1.54, 1.807) is 18.5 Å². The topological polar surface area (TPSA) is 85.8 Å². The molecule has 0 saturated carbocycles. The van der Waals surface area contributed by atoms with Crippen LogP contribution in [0.1, 0.15) is 22.8 Å². The number of benzene rings is 1. The van der Waals surface area contributed by atoms with Crippen molar-refractivity contribution in [2.45, 2.75) is 13.1 Å². The van der Waals surface area contributed by atoms with Gasteiger partial charge in [-0.05, 0) is 37.3 Å². The summed E-state index contributed by atoms with van der Waals surface area (Å²) >= 11 is 0. The Balaban J connectivity index is 1.48. The minimum absolute atomic E-state index is 0.174. The van der Waals surface area contributed by atoms with Crippen LogP contribution in [0.4, 0.5) is 19.1 Å². The van der Waals surface area contributed by atoms with Gasteiger partial charge in [-0.25, -0.2) is 9.97 Å². The number of aliphatic imine (C=N–C) groups is 1. The average molecular weight is 449 g/mol. The molecular weight excluding hydrogens is 423 g/mol. The number of halogens is 3. The number of guanidine groups is 1. The van der Waals surface area contributed by atoms with E-state index in [1.165, 1.54) is 12.1 Å². The van der Waals surface area contributed by atoms with Gasteiger partial charge >= 0.3 is 6.18 Å². The molecule has 1 amide bonds. The van der Waals surface area contributed by atoms with Gasteiger partial charge in [-0.2, -0.15) is 13.2 Å². The van der Waals surface area contributed by atoms with E-state index in [1.807, 2.05) is 6.92 Å².